The maximum atomic E-state index is 12.6. The van der Waals surface area contributed by atoms with Crippen LogP contribution in [0.1, 0.15) is 12.0 Å². The van der Waals surface area contributed by atoms with Gasteiger partial charge in [0.15, 0.2) is 9.84 Å². The van der Waals surface area contributed by atoms with Crippen molar-refractivity contribution in [3.05, 3.63) is 53.2 Å². The summed E-state index contributed by atoms with van der Waals surface area (Å²) in [6.45, 7) is 1.47. The first-order valence-electron chi connectivity index (χ1n) is 9.10. The molecule has 2 aromatic rings. The number of sulfone groups is 1. The summed E-state index contributed by atoms with van der Waals surface area (Å²) in [6, 6.07) is 8.03. The van der Waals surface area contributed by atoms with Crippen molar-refractivity contribution in [1.29, 1.82) is 0 Å². The average Bonchev–Trinajstić information content (AvgIpc) is 2.72. The molecule has 1 fully saturated rings. The lowest BCUT2D eigenvalue weighted by Crippen LogP contribution is -2.49. The van der Waals surface area contributed by atoms with Crippen molar-refractivity contribution in [3.8, 4) is 0 Å². The first-order chi connectivity index (χ1) is 14.1. The van der Waals surface area contributed by atoms with Gasteiger partial charge in [-0.05, 0) is 36.4 Å². The number of carbonyl (C=O) groups is 1. The highest BCUT2D eigenvalue weighted by atomic mass is 35.5. The fourth-order valence-corrected chi connectivity index (χ4v) is 4.42. The fourth-order valence-electron chi connectivity index (χ4n) is 3.07. The third-order valence-corrected chi connectivity index (χ3v) is 6.77. The molecule has 0 bridgehead atoms. The molecular formula is C19H19ClF3N3O3S. The summed E-state index contributed by atoms with van der Waals surface area (Å²) in [5, 5.41) is 0.422. The third-order valence-electron chi connectivity index (χ3n) is 4.79. The number of alkyl halides is 3. The first kappa shape index (κ1) is 22.4. The number of benzene rings is 1. The molecule has 1 aliphatic heterocycles. The number of piperazine rings is 1. The highest BCUT2D eigenvalue weighted by Crippen LogP contribution is 2.29. The summed E-state index contributed by atoms with van der Waals surface area (Å²) in [7, 11) is -3.60. The van der Waals surface area contributed by atoms with Crippen LogP contribution in [0.25, 0.3) is 0 Å². The SMILES string of the molecule is O=C(CCS(=O)(=O)c1ccc(Cl)cc1)N1CCN(c2ccc(C(F)(F)F)cn2)CC1. The molecule has 1 amide bonds. The average molecular weight is 462 g/mol. The molecule has 2 heterocycles. The standard InChI is InChI=1S/C19H19ClF3N3O3S/c20-15-2-4-16(5-3-15)30(28,29)12-7-18(27)26-10-8-25(9-11-26)17-6-1-14(13-24-17)19(21,22)23/h1-6,13H,7-12H2. The zero-order valence-electron chi connectivity index (χ0n) is 15.8. The van der Waals surface area contributed by atoms with E-state index in [2.05, 4.69) is 4.98 Å². The molecule has 11 heteroatoms. The molecule has 6 nitrogen and oxygen atoms in total. The second-order valence-corrected chi connectivity index (χ2v) is 9.34. The second kappa shape index (κ2) is 8.81. The van der Waals surface area contributed by atoms with E-state index in [4.69, 9.17) is 11.6 Å². The first-order valence-corrected chi connectivity index (χ1v) is 11.1. The second-order valence-electron chi connectivity index (χ2n) is 6.79. The van der Waals surface area contributed by atoms with Crippen LogP contribution in [0.5, 0.6) is 0 Å². The minimum atomic E-state index is -4.44. The predicted octanol–water partition coefficient (Wildman–Crippen LogP) is 3.27. The maximum absolute atomic E-state index is 12.6. The van der Waals surface area contributed by atoms with Gasteiger partial charge in [0, 0.05) is 43.8 Å². The molecule has 162 valence electrons. The van der Waals surface area contributed by atoms with Gasteiger partial charge in [-0.15, -0.1) is 0 Å². The highest BCUT2D eigenvalue weighted by molar-refractivity contribution is 7.91. The van der Waals surface area contributed by atoms with Gasteiger partial charge in [-0.1, -0.05) is 11.6 Å². The van der Waals surface area contributed by atoms with Crippen LogP contribution in [0.2, 0.25) is 5.02 Å². The Kier molecular flexibility index (Phi) is 6.56. The van der Waals surface area contributed by atoms with Gasteiger partial charge < -0.3 is 9.80 Å². The van der Waals surface area contributed by atoms with E-state index in [0.717, 1.165) is 12.3 Å². The number of anilines is 1. The Labute approximate surface area is 177 Å². The van der Waals surface area contributed by atoms with Crippen LogP contribution >= 0.6 is 11.6 Å². The molecule has 30 heavy (non-hydrogen) atoms. The number of pyridine rings is 1. The zero-order valence-corrected chi connectivity index (χ0v) is 17.3. The van der Waals surface area contributed by atoms with Crippen molar-refractivity contribution in [2.75, 3.05) is 36.8 Å². The molecule has 0 aliphatic carbocycles. The summed E-state index contributed by atoms with van der Waals surface area (Å²) in [5.41, 5.74) is -0.818. The van der Waals surface area contributed by atoms with Gasteiger partial charge in [0.1, 0.15) is 5.82 Å². The smallest absolute Gasteiger partial charge is 0.353 e. The largest absolute Gasteiger partial charge is 0.417 e. The summed E-state index contributed by atoms with van der Waals surface area (Å²) in [6.07, 6.45) is -3.80. The Bertz CT molecular complexity index is 988. The quantitative estimate of drug-likeness (QED) is 0.683. The number of nitrogens with zero attached hydrogens (tertiary/aromatic N) is 3. The predicted molar refractivity (Wildman–Crippen MR) is 106 cm³/mol. The molecule has 1 aromatic carbocycles. The van der Waals surface area contributed by atoms with Gasteiger partial charge in [0.2, 0.25) is 5.91 Å². The molecule has 0 unspecified atom stereocenters. The molecule has 1 aliphatic rings. The van der Waals surface area contributed by atoms with Gasteiger partial charge in [0.25, 0.3) is 0 Å². The van der Waals surface area contributed by atoms with Gasteiger partial charge in [0.05, 0.1) is 16.2 Å². The van der Waals surface area contributed by atoms with Crippen molar-refractivity contribution >= 4 is 33.2 Å². The monoisotopic (exact) mass is 461 g/mol. The van der Waals surface area contributed by atoms with Crippen LogP contribution in [-0.4, -0.2) is 56.1 Å². The molecule has 0 radical (unpaired) electrons. The van der Waals surface area contributed by atoms with Gasteiger partial charge in [-0.25, -0.2) is 13.4 Å². The van der Waals surface area contributed by atoms with E-state index in [1.165, 1.54) is 30.3 Å². The molecule has 0 N–H and O–H groups in total. The van der Waals surface area contributed by atoms with Crippen LogP contribution in [0.4, 0.5) is 19.0 Å². The van der Waals surface area contributed by atoms with Crippen molar-refractivity contribution in [3.63, 3.8) is 0 Å². The molecule has 0 atom stereocenters. The lowest BCUT2D eigenvalue weighted by atomic mass is 10.2. The minimum absolute atomic E-state index is 0.109. The van der Waals surface area contributed by atoms with Gasteiger partial charge in [-0.2, -0.15) is 13.2 Å². The van der Waals surface area contributed by atoms with Crippen LogP contribution in [0.15, 0.2) is 47.5 Å². The molecule has 3 rings (SSSR count). The number of halogens is 4. The Morgan fingerprint density at radius 1 is 1.03 bits per heavy atom. The Morgan fingerprint density at radius 3 is 2.20 bits per heavy atom. The molecular weight excluding hydrogens is 443 g/mol. The zero-order chi connectivity index (χ0) is 21.9. The van der Waals surface area contributed by atoms with Gasteiger partial charge in [-0.3, -0.25) is 4.79 Å². The normalized spacial score (nSPS) is 15.3. The van der Waals surface area contributed by atoms with Crippen LogP contribution in [0.3, 0.4) is 0 Å². The van der Waals surface area contributed by atoms with Crippen molar-refractivity contribution < 1.29 is 26.4 Å². The Morgan fingerprint density at radius 2 is 1.67 bits per heavy atom. The lowest BCUT2D eigenvalue weighted by molar-refractivity contribution is -0.137. The number of aromatic nitrogens is 1. The summed E-state index contributed by atoms with van der Waals surface area (Å²) in [4.78, 5) is 19.7. The van der Waals surface area contributed by atoms with Crippen molar-refractivity contribution in [2.45, 2.75) is 17.5 Å². The van der Waals surface area contributed by atoms with Gasteiger partial charge >= 0.3 is 6.18 Å². The van der Waals surface area contributed by atoms with E-state index in [1.54, 1.807) is 9.80 Å². The Balaban J connectivity index is 1.52. The van der Waals surface area contributed by atoms with Crippen LogP contribution < -0.4 is 4.90 Å². The van der Waals surface area contributed by atoms with E-state index >= 15 is 0 Å². The van der Waals surface area contributed by atoms with Crippen LogP contribution in [0, 0.1) is 0 Å². The van der Waals surface area contributed by atoms with E-state index in [-0.39, 0.29) is 23.0 Å². The molecule has 1 saturated heterocycles. The molecule has 0 saturated carbocycles. The number of hydrogen-bond acceptors (Lipinski definition) is 5. The minimum Gasteiger partial charge on any atom is -0.353 e. The number of rotatable bonds is 5. The topological polar surface area (TPSA) is 70.6 Å². The number of amides is 1. The Hall–Kier alpha value is -2.33. The van der Waals surface area contributed by atoms with Crippen molar-refractivity contribution in [1.82, 2.24) is 9.88 Å². The summed E-state index contributed by atoms with van der Waals surface area (Å²) in [5.74, 6) is -0.193. The van der Waals surface area contributed by atoms with Crippen molar-refractivity contribution in [2.24, 2.45) is 0 Å². The van der Waals surface area contributed by atoms with E-state index in [0.29, 0.717) is 37.0 Å². The van der Waals surface area contributed by atoms with E-state index < -0.39 is 21.6 Å². The molecule has 0 spiro atoms. The highest BCUT2D eigenvalue weighted by Gasteiger charge is 2.31. The lowest BCUT2D eigenvalue weighted by Gasteiger charge is -2.35. The maximum Gasteiger partial charge on any atom is 0.417 e. The summed E-state index contributed by atoms with van der Waals surface area (Å²) >= 11 is 5.76. The van der Waals surface area contributed by atoms with E-state index in [9.17, 15) is 26.4 Å². The number of hydrogen-bond donors (Lipinski definition) is 0. The fraction of sp³-hybridized carbons (Fsp3) is 0.368. The van der Waals surface area contributed by atoms with E-state index in [1.807, 2.05) is 0 Å². The van der Waals surface area contributed by atoms with Crippen LogP contribution in [-0.2, 0) is 20.8 Å². The molecule has 1 aromatic heterocycles. The third kappa shape index (κ3) is 5.42. The number of carbonyl (C=O) groups excluding carboxylic acids is 1. The summed E-state index contributed by atoms with van der Waals surface area (Å²) < 4.78 is 62.6.